The SMILES string of the molecule is O=C(NC1CC1)[C@@H]1CCCN1C(=O)C[C@H]1C[C@H]2CC[C@H]1C2. The van der Waals surface area contributed by atoms with E-state index in [1.54, 1.807) is 0 Å². The number of nitrogens with one attached hydrogen (secondary N) is 1. The Morgan fingerprint density at radius 1 is 1.05 bits per heavy atom. The molecule has 1 aliphatic heterocycles. The number of fused-ring (bicyclic) bond motifs is 2. The lowest BCUT2D eigenvalue weighted by Crippen LogP contribution is -2.47. The second-order valence-corrected chi connectivity index (χ2v) is 7.67. The first-order valence-electron chi connectivity index (χ1n) is 8.80. The van der Waals surface area contributed by atoms with E-state index in [0.29, 0.717) is 18.4 Å². The average Bonchev–Trinajstić information content (AvgIpc) is 2.94. The molecule has 0 radical (unpaired) electrons. The van der Waals surface area contributed by atoms with E-state index in [0.717, 1.165) is 44.1 Å². The fourth-order valence-electron chi connectivity index (χ4n) is 4.83. The largest absolute Gasteiger partial charge is 0.352 e. The van der Waals surface area contributed by atoms with Gasteiger partial charge in [0, 0.05) is 19.0 Å². The van der Waals surface area contributed by atoms with Crippen molar-refractivity contribution in [3.8, 4) is 0 Å². The number of hydrogen-bond donors (Lipinski definition) is 1. The molecule has 4 atom stereocenters. The van der Waals surface area contributed by atoms with Gasteiger partial charge < -0.3 is 10.2 Å². The second kappa shape index (κ2) is 5.29. The van der Waals surface area contributed by atoms with E-state index in [1.165, 1.54) is 25.7 Å². The molecular weight excluding hydrogens is 264 g/mol. The molecular formula is C17H26N2O2. The average molecular weight is 290 g/mol. The molecule has 4 heteroatoms. The minimum absolute atomic E-state index is 0.0938. The van der Waals surface area contributed by atoms with Gasteiger partial charge in [-0.15, -0.1) is 0 Å². The van der Waals surface area contributed by atoms with Crippen molar-refractivity contribution >= 4 is 11.8 Å². The highest BCUT2D eigenvalue weighted by atomic mass is 16.2. The van der Waals surface area contributed by atoms with Gasteiger partial charge in [0.1, 0.15) is 6.04 Å². The van der Waals surface area contributed by atoms with Gasteiger partial charge in [-0.25, -0.2) is 0 Å². The Bertz CT molecular complexity index is 446. The quantitative estimate of drug-likeness (QED) is 0.862. The van der Waals surface area contributed by atoms with E-state index >= 15 is 0 Å². The van der Waals surface area contributed by atoms with Crippen LogP contribution in [0.5, 0.6) is 0 Å². The smallest absolute Gasteiger partial charge is 0.243 e. The summed E-state index contributed by atoms with van der Waals surface area (Å²) >= 11 is 0. The Balaban J connectivity index is 1.35. The Kier molecular flexibility index (Phi) is 3.43. The van der Waals surface area contributed by atoms with Gasteiger partial charge in [0.25, 0.3) is 0 Å². The van der Waals surface area contributed by atoms with Crippen LogP contribution in [0.3, 0.4) is 0 Å². The Hall–Kier alpha value is -1.06. The molecule has 4 fully saturated rings. The molecule has 3 saturated carbocycles. The summed E-state index contributed by atoms with van der Waals surface area (Å²) in [7, 11) is 0. The van der Waals surface area contributed by atoms with Crippen molar-refractivity contribution in [2.75, 3.05) is 6.54 Å². The highest BCUT2D eigenvalue weighted by Crippen LogP contribution is 2.49. The number of carbonyl (C=O) groups is 2. The minimum atomic E-state index is -0.184. The number of amides is 2. The molecule has 0 aromatic heterocycles. The van der Waals surface area contributed by atoms with Crippen LogP contribution >= 0.6 is 0 Å². The lowest BCUT2D eigenvalue weighted by Gasteiger charge is -2.27. The van der Waals surface area contributed by atoms with Crippen LogP contribution in [0.2, 0.25) is 0 Å². The van der Waals surface area contributed by atoms with E-state index in [-0.39, 0.29) is 17.9 Å². The zero-order chi connectivity index (χ0) is 14.4. The van der Waals surface area contributed by atoms with Crippen molar-refractivity contribution in [2.45, 2.75) is 69.9 Å². The van der Waals surface area contributed by atoms with Crippen LogP contribution in [0, 0.1) is 17.8 Å². The summed E-state index contributed by atoms with van der Waals surface area (Å²) < 4.78 is 0. The first-order chi connectivity index (χ1) is 10.2. The lowest BCUT2D eigenvalue weighted by atomic mass is 9.86. The molecule has 4 aliphatic rings. The topological polar surface area (TPSA) is 49.4 Å². The van der Waals surface area contributed by atoms with Crippen LogP contribution in [0.15, 0.2) is 0 Å². The van der Waals surface area contributed by atoms with Crippen LogP contribution in [0.1, 0.15) is 57.8 Å². The molecule has 0 spiro atoms. The first-order valence-corrected chi connectivity index (χ1v) is 8.80. The standard InChI is InChI=1S/C17H26N2O2/c20-16(10-13-9-11-3-4-12(13)8-11)19-7-1-2-15(19)17(21)18-14-5-6-14/h11-15H,1-10H2,(H,18,21)/t11-,12-,13+,15-/m0/s1. The Morgan fingerprint density at radius 3 is 2.57 bits per heavy atom. The molecule has 2 amide bonds. The number of nitrogens with zero attached hydrogens (tertiary/aromatic N) is 1. The molecule has 0 aromatic carbocycles. The highest BCUT2D eigenvalue weighted by Gasteiger charge is 2.42. The number of rotatable bonds is 4. The Morgan fingerprint density at radius 2 is 1.90 bits per heavy atom. The van der Waals surface area contributed by atoms with Gasteiger partial charge in [-0.3, -0.25) is 9.59 Å². The molecule has 116 valence electrons. The van der Waals surface area contributed by atoms with Crippen molar-refractivity contribution in [3.05, 3.63) is 0 Å². The van der Waals surface area contributed by atoms with Crippen LogP contribution in [0.4, 0.5) is 0 Å². The maximum absolute atomic E-state index is 12.6. The zero-order valence-corrected chi connectivity index (χ0v) is 12.7. The van der Waals surface area contributed by atoms with Gasteiger partial charge in [0.05, 0.1) is 0 Å². The summed E-state index contributed by atoms with van der Waals surface area (Å²) in [4.78, 5) is 26.8. The predicted octanol–water partition coefficient (Wildman–Crippen LogP) is 2.08. The highest BCUT2D eigenvalue weighted by molar-refractivity contribution is 5.88. The third-order valence-corrected chi connectivity index (χ3v) is 6.12. The normalized spacial score (nSPS) is 38.0. The molecule has 3 aliphatic carbocycles. The third-order valence-electron chi connectivity index (χ3n) is 6.12. The van der Waals surface area contributed by atoms with Crippen molar-refractivity contribution < 1.29 is 9.59 Å². The molecule has 21 heavy (non-hydrogen) atoms. The van der Waals surface area contributed by atoms with Crippen molar-refractivity contribution in [3.63, 3.8) is 0 Å². The monoisotopic (exact) mass is 290 g/mol. The lowest BCUT2D eigenvalue weighted by molar-refractivity contribution is -0.139. The van der Waals surface area contributed by atoms with E-state index in [9.17, 15) is 9.59 Å². The van der Waals surface area contributed by atoms with Crippen LogP contribution in [-0.2, 0) is 9.59 Å². The zero-order valence-electron chi connectivity index (χ0n) is 12.7. The maximum Gasteiger partial charge on any atom is 0.243 e. The maximum atomic E-state index is 12.6. The van der Waals surface area contributed by atoms with Crippen LogP contribution in [0.25, 0.3) is 0 Å². The Labute approximate surface area is 126 Å². The molecule has 1 saturated heterocycles. The van der Waals surface area contributed by atoms with Gasteiger partial charge in [-0.2, -0.15) is 0 Å². The fraction of sp³-hybridized carbons (Fsp3) is 0.882. The van der Waals surface area contributed by atoms with E-state index in [1.807, 2.05) is 4.90 Å². The van der Waals surface area contributed by atoms with Crippen LogP contribution < -0.4 is 5.32 Å². The van der Waals surface area contributed by atoms with E-state index < -0.39 is 0 Å². The molecule has 2 bridgehead atoms. The summed E-state index contributed by atoms with van der Waals surface area (Å²) in [6.07, 6.45) is 10.0. The summed E-state index contributed by atoms with van der Waals surface area (Å²) in [6, 6.07) is 0.206. The van der Waals surface area contributed by atoms with Crippen molar-refractivity contribution in [1.29, 1.82) is 0 Å². The van der Waals surface area contributed by atoms with Gasteiger partial charge >= 0.3 is 0 Å². The van der Waals surface area contributed by atoms with Crippen molar-refractivity contribution in [1.82, 2.24) is 10.2 Å². The molecule has 1 heterocycles. The molecule has 1 N–H and O–H groups in total. The molecule has 4 rings (SSSR count). The van der Waals surface area contributed by atoms with Gasteiger partial charge in [-0.1, -0.05) is 6.42 Å². The molecule has 0 aromatic rings. The third kappa shape index (κ3) is 2.69. The summed E-state index contributed by atoms with van der Waals surface area (Å²) in [5, 5.41) is 3.07. The number of likely N-dealkylation sites (tertiary alicyclic amines) is 1. The van der Waals surface area contributed by atoms with E-state index in [2.05, 4.69) is 5.32 Å². The molecule has 4 nitrogen and oxygen atoms in total. The summed E-state index contributed by atoms with van der Waals surface area (Å²) in [5.41, 5.74) is 0. The number of hydrogen-bond acceptors (Lipinski definition) is 2. The minimum Gasteiger partial charge on any atom is -0.352 e. The summed E-state index contributed by atoms with van der Waals surface area (Å²) in [6.45, 7) is 0.780. The van der Waals surface area contributed by atoms with E-state index in [4.69, 9.17) is 0 Å². The summed E-state index contributed by atoms with van der Waals surface area (Å²) in [5.74, 6) is 2.61. The molecule has 0 unspecified atom stereocenters. The van der Waals surface area contributed by atoms with Crippen molar-refractivity contribution in [2.24, 2.45) is 17.8 Å². The second-order valence-electron chi connectivity index (χ2n) is 7.67. The predicted molar refractivity (Wildman–Crippen MR) is 79.5 cm³/mol. The first kappa shape index (κ1) is 13.6. The van der Waals surface area contributed by atoms with Crippen LogP contribution in [-0.4, -0.2) is 35.3 Å². The number of carbonyl (C=O) groups excluding carboxylic acids is 2. The van der Waals surface area contributed by atoms with Gasteiger partial charge in [0.2, 0.25) is 11.8 Å². The van der Waals surface area contributed by atoms with Gasteiger partial charge in [0.15, 0.2) is 0 Å². The van der Waals surface area contributed by atoms with Gasteiger partial charge in [-0.05, 0) is 62.7 Å². The fourth-order valence-corrected chi connectivity index (χ4v) is 4.83.